The Morgan fingerprint density at radius 3 is 1.11 bits per heavy atom. The Hall–Kier alpha value is -10.3. The van der Waals surface area contributed by atoms with Crippen molar-refractivity contribution in [3.63, 3.8) is 0 Å². The second-order valence-corrected chi connectivity index (χ2v) is 17.6. The van der Waals surface area contributed by atoms with Crippen molar-refractivity contribution < 1.29 is 66.7 Å². The molecule has 0 radical (unpaired) electrons. The van der Waals surface area contributed by atoms with Gasteiger partial charge in [-0.3, -0.25) is 0 Å². The quantitative estimate of drug-likeness (QED) is 0.0229. The smallest absolute Gasteiger partial charge is 0.343 e. The largest absolute Gasteiger partial charge is 0.494 e. The van der Waals surface area contributed by atoms with Gasteiger partial charge in [0.05, 0.1) is 37.6 Å². The summed E-state index contributed by atoms with van der Waals surface area (Å²) in [6, 6.07) is 48.7. The molecule has 0 aliphatic carbocycles. The molecule has 14 heteroatoms. The lowest BCUT2D eigenvalue weighted by Crippen LogP contribution is -2.08. The Labute approximate surface area is 461 Å². The number of carbonyl (C=O) groups is 6. The summed E-state index contributed by atoms with van der Waals surface area (Å²) in [5.41, 5.74) is 3.00. The van der Waals surface area contributed by atoms with Gasteiger partial charge in [-0.1, -0.05) is 98.1 Å². The third-order valence-electron chi connectivity index (χ3n) is 12.1. The molecule has 0 saturated heterocycles. The molecule has 0 atom stereocenters. The molecule has 14 nitrogen and oxygen atoms in total. The van der Waals surface area contributed by atoms with Gasteiger partial charge in [-0.05, 0) is 155 Å². The van der Waals surface area contributed by atoms with Crippen LogP contribution in [0.25, 0.3) is 44.8 Å². The first-order chi connectivity index (χ1) is 39.0. The first-order valence-corrected chi connectivity index (χ1v) is 25.6. The fourth-order valence-electron chi connectivity index (χ4n) is 8.05. The molecule has 8 aromatic carbocycles. The predicted molar refractivity (Wildman–Crippen MR) is 304 cm³/mol. The number of ether oxygens (including phenoxy) is 8. The Morgan fingerprint density at radius 2 is 0.725 bits per heavy atom. The number of hydrogen-bond acceptors (Lipinski definition) is 14. The van der Waals surface area contributed by atoms with Crippen LogP contribution in [-0.4, -0.2) is 62.2 Å². The molecule has 0 unspecified atom stereocenters. The molecule has 0 fully saturated rings. The van der Waals surface area contributed by atoms with E-state index in [2.05, 4.69) is 13.2 Å². The van der Waals surface area contributed by atoms with Gasteiger partial charge < -0.3 is 37.9 Å². The van der Waals surface area contributed by atoms with Crippen LogP contribution in [0.2, 0.25) is 0 Å². The lowest BCUT2D eigenvalue weighted by Gasteiger charge is -2.18. The van der Waals surface area contributed by atoms with Crippen LogP contribution in [0.1, 0.15) is 57.5 Å². The molecule has 0 heterocycles. The van der Waals surface area contributed by atoms with Crippen molar-refractivity contribution in [2.75, 3.05) is 26.4 Å². The maximum absolute atomic E-state index is 13.7. The Bertz CT molecular complexity index is 3340. The van der Waals surface area contributed by atoms with Crippen molar-refractivity contribution in [2.45, 2.75) is 25.7 Å². The zero-order chi connectivity index (χ0) is 56.1. The molecule has 0 spiro atoms. The lowest BCUT2D eigenvalue weighted by atomic mass is 9.92. The molecule has 0 aliphatic heterocycles. The van der Waals surface area contributed by atoms with Gasteiger partial charge in [0.2, 0.25) is 0 Å². The van der Waals surface area contributed by atoms with Crippen molar-refractivity contribution in [1.82, 2.24) is 0 Å². The molecular weight excluding hydrogens is 1020 g/mol. The zero-order valence-corrected chi connectivity index (χ0v) is 43.4. The van der Waals surface area contributed by atoms with E-state index in [-0.39, 0.29) is 24.7 Å². The highest BCUT2D eigenvalue weighted by Gasteiger charge is 2.22. The monoisotopic (exact) mass is 1070 g/mol. The van der Waals surface area contributed by atoms with Crippen LogP contribution >= 0.6 is 0 Å². The van der Waals surface area contributed by atoms with Crippen molar-refractivity contribution >= 4 is 69.5 Å². The van der Waals surface area contributed by atoms with E-state index in [1.165, 1.54) is 12.2 Å². The normalized spacial score (nSPS) is 10.9. The first-order valence-electron chi connectivity index (χ1n) is 25.6. The van der Waals surface area contributed by atoms with E-state index in [0.717, 1.165) is 33.7 Å². The molecule has 8 aromatic rings. The van der Waals surface area contributed by atoms with Crippen LogP contribution in [0.5, 0.6) is 34.5 Å². The summed E-state index contributed by atoms with van der Waals surface area (Å²) in [6.45, 7) is 8.11. The van der Waals surface area contributed by atoms with Crippen molar-refractivity contribution in [1.29, 1.82) is 0 Å². The molecule has 0 aromatic heterocycles. The molecular formula is C66H54O14. The van der Waals surface area contributed by atoms with E-state index < -0.39 is 35.8 Å². The molecule has 0 bridgehead atoms. The van der Waals surface area contributed by atoms with Gasteiger partial charge in [0, 0.05) is 35.4 Å². The van der Waals surface area contributed by atoms with E-state index in [4.69, 9.17) is 37.9 Å². The topological polar surface area (TPSA) is 176 Å². The van der Waals surface area contributed by atoms with E-state index in [1.807, 2.05) is 60.7 Å². The summed E-state index contributed by atoms with van der Waals surface area (Å²) in [4.78, 5) is 75.5. The van der Waals surface area contributed by atoms with Crippen LogP contribution in [-0.2, 0) is 28.7 Å². The third-order valence-corrected chi connectivity index (χ3v) is 12.1. The standard InChI is InChI=1S/C66H54O14/c1-3-59(67)75-43-11-9-41-73-51-33-23-49(24-34-51)65(71)77-53-29-17-45(18-30-53)21-39-61(69)79-57-37-27-47-13-5-7-15-55(47)63(57)64-56-16-8-6-14-48(56)28-38-58(64)80-62(70)40-22-46-19-31-54(32-20-46)78-66(72)50-25-35-52(36-26-50)74-42-10-12-44-76-60(68)4-2/h3-8,13-40H,1-2,9-12,41-44H2/b39-21+,40-22+. The summed E-state index contributed by atoms with van der Waals surface area (Å²) in [6.07, 6.45) is 10.6. The van der Waals surface area contributed by atoms with Gasteiger partial charge in [0.1, 0.15) is 34.5 Å². The van der Waals surface area contributed by atoms with Crippen molar-refractivity contribution in [2.24, 2.45) is 0 Å². The van der Waals surface area contributed by atoms with Gasteiger partial charge >= 0.3 is 35.8 Å². The number of rotatable bonds is 25. The lowest BCUT2D eigenvalue weighted by molar-refractivity contribution is -0.138. The van der Waals surface area contributed by atoms with Crippen LogP contribution in [0.4, 0.5) is 0 Å². The summed E-state index contributed by atoms with van der Waals surface area (Å²) in [5.74, 6) is -1.18. The summed E-state index contributed by atoms with van der Waals surface area (Å²) in [7, 11) is 0. The highest BCUT2D eigenvalue weighted by Crippen LogP contribution is 2.46. The minimum atomic E-state index is -0.670. The fourth-order valence-corrected chi connectivity index (χ4v) is 8.05. The number of esters is 6. The fraction of sp³-hybridized carbons (Fsp3) is 0.121. The van der Waals surface area contributed by atoms with Crippen LogP contribution < -0.4 is 28.4 Å². The summed E-state index contributed by atoms with van der Waals surface area (Å²) < 4.78 is 44.7. The number of hydrogen-bond donors (Lipinski definition) is 0. The molecule has 80 heavy (non-hydrogen) atoms. The number of unbranched alkanes of at least 4 members (excludes halogenated alkanes) is 2. The van der Waals surface area contributed by atoms with Crippen LogP contribution in [0, 0.1) is 0 Å². The van der Waals surface area contributed by atoms with Crippen molar-refractivity contribution in [3.8, 4) is 45.6 Å². The molecule has 0 saturated carbocycles. The number of fused-ring (bicyclic) bond motifs is 2. The van der Waals surface area contributed by atoms with E-state index in [9.17, 15) is 28.8 Å². The highest BCUT2D eigenvalue weighted by molar-refractivity contribution is 6.11. The second kappa shape index (κ2) is 28.2. The molecule has 8 rings (SSSR count). The van der Waals surface area contributed by atoms with Gasteiger partial charge in [0.25, 0.3) is 0 Å². The maximum Gasteiger partial charge on any atom is 0.343 e. The highest BCUT2D eigenvalue weighted by atomic mass is 16.6. The predicted octanol–water partition coefficient (Wildman–Crippen LogP) is 13.1. The Balaban J connectivity index is 0.889. The van der Waals surface area contributed by atoms with E-state index >= 15 is 0 Å². The maximum atomic E-state index is 13.7. The zero-order valence-electron chi connectivity index (χ0n) is 43.4. The summed E-state index contributed by atoms with van der Waals surface area (Å²) in [5, 5.41) is 3.21. The minimum Gasteiger partial charge on any atom is -0.494 e. The average molecular weight is 1070 g/mol. The van der Waals surface area contributed by atoms with Gasteiger partial charge in [0.15, 0.2) is 0 Å². The minimum absolute atomic E-state index is 0.230. The first kappa shape index (κ1) is 55.9. The Morgan fingerprint density at radius 1 is 0.362 bits per heavy atom. The Kier molecular flexibility index (Phi) is 19.7. The van der Waals surface area contributed by atoms with E-state index in [1.54, 1.807) is 121 Å². The number of benzene rings is 8. The number of carbonyl (C=O) groups excluding carboxylic acids is 6. The van der Waals surface area contributed by atoms with Gasteiger partial charge in [-0.25, -0.2) is 28.8 Å². The third kappa shape index (κ3) is 15.9. The summed E-state index contributed by atoms with van der Waals surface area (Å²) >= 11 is 0. The SMILES string of the molecule is C=CC(=O)OCCCCOc1ccc(C(=O)Oc2ccc(/C=C/C(=O)Oc3ccc4ccccc4c3-c3c(OC(=O)/C=C/c4ccc(OC(=O)c5ccc(OCCCCOC(=O)C=C)cc5)cc4)ccc4ccccc34)cc2)cc1. The average Bonchev–Trinajstić information content (AvgIpc) is 3.50. The van der Waals surface area contributed by atoms with Gasteiger partial charge in [-0.15, -0.1) is 0 Å². The molecule has 402 valence electrons. The van der Waals surface area contributed by atoms with Crippen LogP contribution in [0.3, 0.4) is 0 Å². The van der Waals surface area contributed by atoms with Crippen LogP contribution in [0.15, 0.2) is 207 Å². The molecule has 0 amide bonds. The molecule has 0 N–H and O–H groups in total. The van der Waals surface area contributed by atoms with Crippen molar-refractivity contribution in [3.05, 3.63) is 230 Å². The van der Waals surface area contributed by atoms with E-state index in [0.29, 0.717) is 95.3 Å². The van der Waals surface area contributed by atoms with Gasteiger partial charge in [-0.2, -0.15) is 0 Å². The molecule has 0 aliphatic rings. The second-order valence-electron chi connectivity index (χ2n) is 17.6.